The third-order valence-corrected chi connectivity index (χ3v) is 8.87. The van der Waals surface area contributed by atoms with Gasteiger partial charge in [0.15, 0.2) is 0 Å². The Labute approximate surface area is 224 Å². The van der Waals surface area contributed by atoms with Crippen LogP contribution in [0.5, 0.6) is 0 Å². The fourth-order valence-electron chi connectivity index (χ4n) is 6.22. The molecule has 1 unspecified atom stereocenters. The highest BCUT2D eigenvalue weighted by atomic mass is 16.7. The maximum atomic E-state index is 6.50. The lowest BCUT2D eigenvalue weighted by Crippen LogP contribution is -2.41. The molecule has 5 aromatic rings. The lowest BCUT2D eigenvalue weighted by atomic mass is 9.66. The molecule has 186 valence electrons. The first kappa shape index (κ1) is 23.4. The molecule has 1 aromatic heterocycles. The van der Waals surface area contributed by atoms with Crippen LogP contribution < -0.4 is 5.46 Å². The molecule has 1 atom stereocenters. The maximum Gasteiger partial charge on any atom is 0.494 e. The normalized spacial score (nSPS) is 20.9. The van der Waals surface area contributed by atoms with Gasteiger partial charge >= 0.3 is 7.12 Å². The van der Waals surface area contributed by atoms with Gasteiger partial charge in [-0.15, -0.1) is 0 Å². The third-order valence-electron chi connectivity index (χ3n) is 8.87. The highest BCUT2D eigenvalue weighted by Crippen LogP contribution is 2.56. The van der Waals surface area contributed by atoms with Crippen molar-refractivity contribution in [2.75, 3.05) is 0 Å². The molecule has 0 bridgehead atoms. The van der Waals surface area contributed by atoms with Crippen LogP contribution in [-0.2, 0) is 14.7 Å². The molecule has 4 aromatic carbocycles. The summed E-state index contributed by atoms with van der Waals surface area (Å²) in [4.78, 5) is 4.34. The monoisotopic (exact) mass is 495 g/mol. The van der Waals surface area contributed by atoms with Gasteiger partial charge in [-0.1, -0.05) is 84.9 Å². The van der Waals surface area contributed by atoms with Gasteiger partial charge in [0.2, 0.25) is 0 Å². The molecule has 7 rings (SSSR count). The fraction of sp³-hybridized carbons (Fsp3) is 0.206. The average molecular weight is 495 g/mol. The van der Waals surface area contributed by atoms with Crippen molar-refractivity contribution in [3.05, 3.63) is 132 Å². The second-order valence-electron chi connectivity index (χ2n) is 11.5. The molecule has 1 fully saturated rings. The van der Waals surface area contributed by atoms with Crippen LogP contribution in [0.25, 0.3) is 21.9 Å². The maximum absolute atomic E-state index is 6.50. The molecular weight excluding hydrogens is 465 g/mol. The van der Waals surface area contributed by atoms with Crippen LogP contribution in [0.2, 0.25) is 0 Å². The minimum atomic E-state index is -0.482. The van der Waals surface area contributed by atoms with Gasteiger partial charge in [0, 0.05) is 17.8 Å². The van der Waals surface area contributed by atoms with Crippen molar-refractivity contribution >= 4 is 23.4 Å². The molecular formula is C34H30BNO2. The van der Waals surface area contributed by atoms with Gasteiger partial charge in [-0.3, -0.25) is 4.98 Å². The van der Waals surface area contributed by atoms with Crippen LogP contribution in [-0.4, -0.2) is 23.3 Å². The molecule has 38 heavy (non-hydrogen) atoms. The van der Waals surface area contributed by atoms with Gasteiger partial charge < -0.3 is 9.31 Å². The van der Waals surface area contributed by atoms with Gasteiger partial charge in [0.05, 0.1) is 16.6 Å². The Morgan fingerprint density at radius 3 is 2.11 bits per heavy atom. The summed E-state index contributed by atoms with van der Waals surface area (Å²) in [7, 11) is -0.426. The summed E-state index contributed by atoms with van der Waals surface area (Å²) >= 11 is 0. The molecule has 0 radical (unpaired) electrons. The Bertz CT molecular complexity index is 1680. The number of benzene rings is 4. The van der Waals surface area contributed by atoms with Crippen molar-refractivity contribution in [3.63, 3.8) is 0 Å². The second-order valence-corrected chi connectivity index (χ2v) is 11.5. The summed E-state index contributed by atoms with van der Waals surface area (Å²) in [6.07, 6.45) is 3.80. The zero-order valence-corrected chi connectivity index (χ0v) is 22.2. The Balaban J connectivity index is 1.53. The first-order chi connectivity index (χ1) is 18.3. The SMILES string of the molecule is CC1(C)OB(c2ccc3c(c2)C(c2ccccc2)(c2ccc4cnccc4c2)c2ccccc2-3)OC1(C)C. The van der Waals surface area contributed by atoms with Crippen LogP contribution in [0.3, 0.4) is 0 Å². The van der Waals surface area contributed by atoms with Crippen molar-refractivity contribution in [2.45, 2.75) is 44.3 Å². The molecule has 3 nitrogen and oxygen atoms in total. The van der Waals surface area contributed by atoms with E-state index in [4.69, 9.17) is 9.31 Å². The second kappa shape index (κ2) is 8.13. The third kappa shape index (κ3) is 3.20. The Morgan fingerprint density at radius 2 is 1.32 bits per heavy atom. The standard InChI is InChI=1S/C34H30BNO2/c1-32(2)33(3,4)38-35(37-32)27-16-17-29-28-12-8-9-13-30(28)34(31(29)21-27,25-10-6-5-7-11-25)26-15-14-24-22-36-19-18-23(24)20-26/h5-22H,1-4H3. The first-order valence-corrected chi connectivity index (χ1v) is 13.3. The van der Waals surface area contributed by atoms with Crippen molar-refractivity contribution in [3.8, 4) is 11.1 Å². The number of nitrogens with zero attached hydrogens (tertiary/aromatic N) is 1. The summed E-state index contributed by atoms with van der Waals surface area (Å²) in [5.74, 6) is 0. The van der Waals surface area contributed by atoms with E-state index in [1.165, 1.54) is 38.8 Å². The first-order valence-electron chi connectivity index (χ1n) is 13.3. The number of rotatable bonds is 3. The summed E-state index contributed by atoms with van der Waals surface area (Å²) in [6.45, 7) is 8.42. The molecule has 2 aliphatic rings. The van der Waals surface area contributed by atoms with Crippen LogP contribution in [0, 0.1) is 0 Å². The smallest absolute Gasteiger partial charge is 0.399 e. The van der Waals surface area contributed by atoms with E-state index in [2.05, 4.69) is 130 Å². The van der Waals surface area contributed by atoms with Gasteiger partial charge in [-0.05, 0) is 84.1 Å². The van der Waals surface area contributed by atoms with Gasteiger partial charge in [-0.25, -0.2) is 0 Å². The van der Waals surface area contributed by atoms with Crippen LogP contribution in [0.4, 0.5) is 0 Å². The van der Waals surface area contributed by atoms with Crippen molar-refractivity contribution in [1.29, 1.82) is 0 Å². The van der Waals surface area contributed by atoms with E-state index in [1.54, 1.807) is 0 Å². The quantitative estimate of drug-likeness (QED) is 0.251. The molecule has 1 saturated heterocycles. The predicted octanol–water partition coefficient (Wildman–Crippen LogP) is 6.90. The molecule has 0 saturated carbocycles. The Hall–Kier alpha value is -3.73. The zero-order chi connectivity index (χ0) is 26.1. The Kier molecular flexibility index (Phi) is 5.01. The molecule has 4 heteroatoms. The molecule has 2 heterocycles. The van der Waals surface area contributed by atoms with Crippen LogP contribution in [0.1, 0.15) is 49.9 Å². The fourth-order valence-corrected chi connectivity index (χ4v) is 6.22. The molecule has 1 aliphatic carbocycles. The molecule has 0 N–H and O–H groups in total. The van der Waals surface area contributed by atoms with E-state index in [0.29, 0.717) is 0 Å². The average Bonchev–Trinajstić information content (AvgIpc) is 3.35. The summed E-state index contributed by atoms with van der Waals surface area (Å²) in [5, 5.41) is 2.32. The van der Waals surface area contributed by atoms with E-state index in [1.807, 2.05) is 12.4 Å². The summed E-state index contributed by atoms with van der Waals surface area (Å²) in [6, 6.07) is 35.3. The van der Waals surface area contributed by atoms with E-state index in [0.717, 1.165) is 10.8 Å². The van der Waals surface area contributed by atoms with E-state index in [-0.39, 0.29) is 0 Å². The number of aromatic nitrogens is 1. The summed E-state index contributed by atoms with van der Waals surface area (Å²) in [5.41, 5.74) is 7.30. The summed E-state index contributed by atoms with van der Waals surface area (Å²) < 4.78 is 13.0. The number of fused-ring (bicyclic) bond motifs is 4. The highest BCUT2D eigenvalue weighted by Gasteiger charge is 2.53. The van der Waals surface area contributed by atoms with Crippen LogP contribution in [0.15, 0.2) is 109 Å². The number of pyridine rings is 1. The topological polar surface area (TPSA) is 31.4 Å². The van der Waals surface area contributed by atoms with Gasteiger partial charge in [0.1, 0.15) is 0 Å². The van der Waals surface area contributed by atoms with Crippen LogP contribution >= 0.6 is 0 Å². The van der Waals surface area contributed by atoms with E-state index in [9.17, 15) is 0 Å². The number of hydrogen-bond donors (Lipinski definition) is 0. The number of hydrogen-bond acceptors (Lipinski definition) is 3. The highest BCUT2D eigenvalue weighted by molar-refractivity contribution is 6.62. The Morgan fingerprint density at radius 1 is 0.605 bits per heavy atom. The van der Waals surface area contributed by atoms with E-state index < -0.39 is 23.7 Å². The molecule has 1 aliphatic heterocycles. The minimum Gasteiger partial charge on any atom is -0.399 e. The zero-order valence-electron chi connectivity index (χ0n) is 22.2. The lowest BCUT2D eigenvalue weighted by Gasteiger charge is -2.34. The molecule has 0 amide bonds. The minimum absolute atomic E-state index is 0.400. The van der Waals surface area contributed by atoms with E-state index >= 15 is 0 Å². The van der Waals surface area contributed by atoms with Crippen molar-refractivity contribution < 1.29 is 9.31 Å². The van der Waals surface area contributed by atoms with Crippen molar-refractivity contribution in [1.82, 2.24) is 4.98 Å². The van der Waals surface area contributed by atoms with Crippen molar-refractivity contribution in [2.24, 2.45) is 0 Å². The lowest BCUT2D eigenvalue weighted by molar-refractivity contribution is 0.00578. The molecule has 0 spiro atoms. The van der Waals surface area contributed by atoms with Gasteiger partial charge in [-0.2, -0.15) is 0 Å². The predicted molar refractivity (Wildman–Crippen MR) is 155 cm³/mol. The van der Waals surface area contributed by atoms with Gasteiger partial charge in [0.25, 0.3) is 0 Å². The largest absolute Gasteiger partial charge is 0.494 e.